The number of carbonyl (C=O) groups is 4. The summed E-state index contributed by atoms with van der Waals surface area (Å²) in [6, 6.07) is 9.42. The Balaban J connectivity index is 1.41. The first kappa shape index (κ1) is 29.1. The van der Waals surface area contributed by atoms with E-state index in [9.17, 15) is 19.2 Å². The fraction of sp³-hybridized carbons (Fsp3) is 0.214. The first-order valence-corrected chi connectivity index (χ1v) is 13.5. The molecule has 3 heterocycles. The Hall–Kier alpha value is -5.37. The number of benzene rings is 2. The van der Waals surface area contributed by atoms with E-state index in [4.69, 9.17) is 11.6 Å². The van der Waals surface area contributed by atoms with Crippen LogP contribution in [0.2, 0.25) is 5.02 Å². The minimum atomic E-state index is -0.676. The number of aromatic nitrogens is 6. The number of tetrazole rings is 1. The lowest BCUT2D eigenvalue weighted by atomic mass is 10.0. The van der Waals surface area contributed by atoms with Crippen LogP contribution in [-0.4, -0.2) is 61.0 Å². The van der Waals surface area contributed by atoms with Crippen LogP contribution in [0.25, 0.3) is 23.0 Å². The van der Waals surface area contributed by atoms with E-state index >= 15 is 0 Å². The van der Waals surface area contributed by atoms with Gasteiger partial charge in [0, 0.05) is 34.3 Å². The second-order valence-corrected chi connectivity index (χ2v) is 10.0. The first-order chi connectivity index (χ1) is 20.8. The minimum absolute atomic E-state index is 0.137. The number of imidazole rings is 1. The van der Waals surface area contributed by atoms with Crippen LogP contribution in [0.4, 0.5) is 16.2 Å². The molecule has 0 radical (unpaired) electrons. The number of carbonyl (C=O) groups excluding carboxylic acids is 4. The van der Waals surface area contributed by atoms with E-state index in [1.807, 2.05) is 0 Å². The quantitative estimate of drug-likeness (QED) is 0.194. The summed E-state index contributed by atoms with van der Waals surface area (Å²) in [6.07, 6.45) is 5.93. The maximum atomic E-state index is 13.1. The molecular formula is C28H26ClN9O5. The first-order valence-electron chi connectivity index (χ1n) is 13.2. The molecule has 0 aliphatic carbocycles. The van der Waals surface area contributed by atoms with Crippen LogP contribution in [0, 0.1) is 0 Å². The Morgan fingerprint density at radius 3 is 2.84 bits per heavy atom. The zero-order valence-corrected chi connectivity index (χ0v) is 23.6. The third-order valence-corrected chi connectivity index (χ3v) is 6.80. The number of nitrogens with one attached hydrogen (secondary N) is 4. The molecule has 1 unspecified atom stereocenters. The van der Waals surface area contributed by atoms with Gasteiger partial charge >= 0.3 is 6.09 Å². The molecule has 220 valence electrons. The average molecular weight is 604 g/mol. The number of nitrogens with zero attached hydrogens (tertiary/aromatic N) is 5. The lowest BCUT2D eigenvalue weighted by Crippen LogP contribution is -2.28. The molecule has 0 fully saturated rings. The van der Waals surface area contributed by atoms with Gasteiger partial charge in [-0.3, -0.25) is 19.7 Å². The van der Waals surface area contributed by atoms with Crippen LogP contribution >= 0.6 is 11.6 Å². The van der Waals surface area contributed by atoms with Crippen molar-refractivity contribution in [3.8, 4) is 16.9 Å². The van der Waals surface area contributed by atoms with E-state index in [2.05, 4.69) is 46.2 Å². The number of H-pyrrole nitrogens is 1. The highest BCUT2D eigenvalue weighted by atomic mass is 35.5. The Morgan fingerprint density at radius 2 is 2.05 bits per heavy atom. The third-order valence-electron chi connectivity index (χ3n) is 6.56. The van der Waals surface area contributed by atoms with E-state index in [-0.39, 0.29) is 18.6 Å². The van der Waals surface area contributed by atoms with Gasteiger partial charge in [0.05, 0.1) is 42.8 Å². The van der Waals surface area contributed by atoms with Crippen LogP contribution in [0.3, 0.4) is 0 Å². The lowest BCUT2D eigenvalue weighted by Gasteiger charge is -2.16. The number of amides is 3. The van der Waals surface area contributed by atoms with E-state index in [0.717, 1.165) is 0 Å². The Labute approximate surface area is 249 Å². The number of hydrogen-bond donors (Lipinski definition) is 4. The van der Waals surface area contributed by atoms with Gasteiger partial charge in [0.25, 0.3) is 0 Å². The van der Waals surface area contributed by atoms with Crippen LogP contribution in [0.15, 0.2) is 55.0 Å². The summed E-state index contributed by atoms with van der Waals surface area (Å²) in [5.74, 6) is -0.674. The predicted octanol–water partition coefficient (Wildman–Crippen LogP) is 3.84. The van der Waals surface area contributed by atoms with Crippen molar-refractivity contribution >= 4 is 52.7 Å². The Bertz CT molecular complexity index is 1700. The van der Waals surface area contributed by atoms with E-state index in [1.54, 1.807) is 48.7 Å². The molecule has 0 saturated heterocycles. The molecule has 1 atom stereocenters. The largest absolute Gasteiger partial charge is 0.453 e. The minimum Gasteiger partial charge on any atom is -0.453 e. The fourth-order valence-corrected chi connectivity index (χ4v) is 4.73. The summed E-state index contributed by atoms with van der Waals surface area (Å²) in [7, 11) is 1.24. The predicted molar refractivity (Wildman–Crippen MR) is 156 cm³/mol. The number of ether oxygens (including phenoxy) is 1. The number of rotatable bonds is 5. The van der Waals surface area contributed by atoms with Crippen molar-refractivity contribution in [3.63, 3.8) is 0 Å². The van der Waals surface area contributed by atoms with Gasteiger partial charge in [-0.25, -0.2) is 9.78 Å². The molecular weight excluding hydrogens is 578 g/mol. The fourth-order valence-electron chi connectivity index (χ4n) is 4.55. The molecule has 1 aliphatic rings. The van der Waals surface area contributed by atoms with Crippen molar-refractivity contribution in [2.24, 2.45) is 0 Å². The average Bonchev–Trinajstić information content (AvgIpc) is 3.68. The molecule has 4 aromatic rings. The second-order valence-electron chi connectivity index (χ2n) is 9.57. The summed E-state index contributed by atoms with van der Waals surface area (Å²) < 4.78 is 6.10. The normalized spacial score (nSPS) is 15.4. The van der Waals surface area contributed by atoms with Gasteiger partial charge in [-0.1, -0.05) is 11.6 Å². The van der Waals surface area contributed by atoms with Crippen molar-refractivity contribution in [1.29, 1.82) is 0 Å². The summed E-state index contributed by atoms with van der Waals surface area (Å²) in [5, 5.41) is 19.9. The number of Topliss-reactive ketones (excluding diaryl/α,β-unsaturated/α-hetero) is 1. The number of fused-ring (bicyclic) bond motifs is 4. The third kappa shape index (κ3) is 7.29. The number of methoxy groups -OCH3 is 1. The van der Waals surface area contributed by atoms with Crippen molar-refractivity contribution in [2.75, 3.05) is 17.7 Å². The molecule has 2 aromatic carbocycles. The summed E-state index contributed by atoms with van der Waals surface area (Å²) in [5.41, 5.74) is 3.09. The molecule has 2 aromatic heterocycles. The van der Waals surface area contributed by atoms with Gasteiger partial charge in [0.15, 0.2) is 0 Å². The highest BCUT2D eigenvalue weighted by Gasteiger charge is 2.22. The molecule has 43 heavy (non-hydrogen) atoms. The van der Waals surface area contributed by atoms with Crippen molar-refractivity contribution in [2.45, 2.75) is 31.7 Å². The summed E-state index contributed by atoms with van der Waals surface area (Å²) in [6.45, 7) is 0. The molecule has 4 N–H and O–H groups in total. The molecule has 2 bridgehead atoms. The maximum Gasteiger partial charge on any atom is 0.411 e. The van der Waals surface area contributed by atoms with Crippen LogP contribution in [-0.2, 0) is 19.1 Å². The monoisotopic (exact) mass is 603 g/mol. The Kier molecular flexibility index (Phi) is 8.86. The van der Waals surface area contributed by atoms with E-state index in [0.29, 0.717) is 57.6 Å². The van der Waals surface area contributed by atoms with E-state index < -0.39 is 23.9 Å². The maximum absolute atomic E-state index is 13.1. The van der Waals surface area contributed by atoms with Crippen LogP contribution in [0.5, 0.6) is 0 Å². The van der Waals surface area contributed by atoms with Crippen molar-refractivity contribution in [1.82, 2.24) is 35.5 Å². The summed E-state index contributed by atoms with van der Waals surface area (Å²) >= 11 is 6.18. The van der Waals surface area contributed by atoms with Gasteiger partial charge in [-0.2, -0.15) is 4.68 Å². The molecule has 0 saturated carbocycles. The number of ketones is 1. The molecule has 14 nitrogen and oxygen atoms in total. The number of anilines is 2. The van der Waals surface area contributed by atoms with Gasteiger partial charge in [0.1, 0.15) is 17.9 Å². The molecule has 1 aliphatic heterocycles. The number of halogens is 1. The highest BCUT2D eigenvalue weighted by molar-refractivity contribution is 6.30. The van der Waals surface area contributed by atoms with Crippen molar-refractivity contribution < 1.29 is 23.9 Å². The molecule has 3 amide bonds. The molecule has 15 heteroatoms. The Morgan fingerprint density at radius 1 is 1.19 bits per heavy atom. The van der Waals surface area contributed by atoms with Crippen LogP contribution < -0.4 is 16.0 Å². The van der Waals surface area contributed by atoms with Crippen molar-refractivity contribution in [3.05, 3.63) is 71.4 Å². The van der Waals surface area contributed by atoms with Crippen LogP contribution in [0.1, 0.15) is 43.1 Å². The smallest absolute Gasteiger partial charge is 0.411 e. The van der Waals surface area contributed by atoms with Gasteiger partial charge in [-0.15, -0.1) is 5.10 Å². The second kappa shape index (κ2) is 13.1. The van der Waals surface area contributed by atoms with Gasteiger partial charge < -0.3 is 20.4 Å². The standard InChI is InChI=1S/C28H26ClN9O5/c1-43-28(42)32-18-7-8-20-22(12-18)34-26(41)13-19(39)3-2-4-21(27-30-14-23(20)35-27)33-25(40)10-5-16-11-17(29)6-9-24(16)38-15-31-36-37-38/h5-12,14-15,21H,2-4,13H2,1H3,(H,30,35)(H,32,42)(H,33,40)(H,34,41)/b10-5+. The zero-order chi connectivity index (χ0) is 30.3. The zero-order valence-electron chi connectivity index (χ0n) is 22.8. The van der Waals surface area contributed by atoms with E-state index in [1.165, 1.54) is 24.2 Å². The number of aromatic amines is 1. The topological polar surface area (TPSA) is 186 Å². The summed E-state index contributed by atoms with van der Waals surface area (Å²) in [4.78, 5) is 57.7. The lowest BCUT2D eigenvalue weighted by molar-refractivity contribution is -0.125. The SMILES string of the molecule is COC(=O)Nc1ccc2c(c1)NC(=O)CC(=O)CCCC(NC(=O)/C=C/c1cc(Cl)ccc1-n1cnnn1)c1ncc-2[nH]1. The van der Waals surface area contributed by atoms with Gasteiger partial charge in [-0.05, 0) is 65.7 Å². The van der Waals surface area contributed by atoms with Gasteiger partial charge in [0.2, 0.25) is 11.8 Å². The molecule has 0 spiro atoms. The number of hydrogen-bond acceptors (Lipinski definition) is 9. The molecule has 5 rings (SSSR count). The highest BCUT2D eigenvalue weighted by Crippen LogP contribution is 2.32.